The molecule has 0 saturated carbocycles. The molecule has 0 unspecified atom stereocenters. The molecule has 0 amide bonds. The quantitative estimate of drug-likeness (QED) is 0.679. The van der Waals surface area contributed by atoms with Crippen molar-refractivity contribution in [2.45, 2.75) is 6.92 Å². The van der Waals surface area contributed by atoms with Crippen molar-refractivity contribution in [3.63, 3.8) is 0 Å². The number of benzene rings is 2. The van der Waals surface area contributed by atoms with Gasteiger partial charge in [-0.1, -0.05) is 35.4 Å². The van der Waals surface area contributed by atoms with Crippen LogP contribution in [0.15, 0.2) is 53.2 Å². The Kier molecular flexibility index (Phi) is 3.69. The molecule has 4 nitrogen and oxygen atoms in total. The zero-order valence-corrected chi connectivity index (χ0v) is 12.5. The Bertz CT molecular complexity index is 824. The highest BCUT2D eigenvalue weighted by Gasteiger charge is 2.25. The maximum atomic E-state index is 11.9. The Morgan fingerprint density at radius 1 is 1.23 bits per heavy atom. The molecule has 1 N–H and O–H groups in total. The van der Waals surface area contributed by atoms with Crippen LogP contribution in [0.25, 0.3) is 6.08 Å². The van der Waals surface area contributed by atoms with Gasteiger partial charge in [0.15, 0.2) is 5.70 Å². The Morgan fingerprint density at radius 2 is 2.00 bits per heavy atom. The SMILES string of the molecule is Cc1ccc(O)c(C=C2N=C(c3ccccc3Cl)OC2=O)c1. The zero-order chi connectivity index (χ0) is 15.7. The van der Waals surface area contributed by atoms with Gasteiger partial charge in [0.25, 0.3) is 0 Å². The molecule has 0 spiro atoms. The average molecular weight is 314 g/mol. The number of hydrogen-bond acceptors (Lipinski definition) is 4. The van der Waals surface area contributed by atoms with E-state index in [0.29, 0.717) is 16.1 Å². The first-order valence-electron chi connectivity index (χ1n) is 6.61. The molecule has 0 atom stereocenters. The maximum absolute atomic E-state index is 11.9. The molecule has 0 aliphatic carbocycles. The highest BCUT2D eigenvalue weighted by molar-refractivity contribution is 6.34. The van der Waals surface area contributed by atoms with Crippen LogP contribution in [-0.2, 0) is 9.53 Å². The van der Waals surface area contributed by atoms with Crippen LogP contribution in [-0.4, -0.2) is 17.0 Å². The number of rotatable bonds is 2. The number of carbonyl (C=O) groups is 1. The minimum absolute atomic E-state index is 0.0762. The van der Waals surface area contributed by atoms with Gasteiger partial charge in [0.05, 0.1) is 10.6 Å². The summed E-state index contributed by atoms with van der Waals surface area (Å²) < 4.78 is 5.16. The summed E-state index contributed by atoms with van der Waals surface area (Å²) in [6, 6.07) is 12.1. The summed E-state index contributed by atoms with van der Waals surface area (Å²) in [4.78, 5) is 16.1. The first kappa shape index (κ1) is 14.4. The summed E-state index contributed by atoms with van der Waals surface area (Å²) in [5.74, 6) is -0.336. The number of phenols is 1. The summed E-state index contributed by atoms with van der Waals surface area (Å²) in [5.41, 5.74) is 2.15. The van der Waals surface area contributed by atoms with Gasteiger partial charge in [-0.05, 0) is 37.3 Å². The first-order valence-corrected chi connectivity index (χ1v) is 6.99. The fraction of sp³-hybridized carbons (Fsp3) is 0.0588. The van der Waals surface area contributed by atoms with Gasteiger partial charge in [0.2, 0.25) is 5.90 Å². The van der Waals surface area contributed by atoms with Crippen molar-refractivity contribution >= 4 is 29.5 Å². The van der Waals surface area contributed by atoms with Gasteiger partial charge in [0, 0.05) is 5.56 Å². The maximum Gasteiger partial charge on any atom is 0.363 e. The molecule has 5 heteroatoms. The third kappa shape index (κ3) is 2.73. The Morgan fingerprint density at radius 3 is 2.77 bits per heavy atom. The minimum atomic E-state index is -0.573. The van der Waals surface area contributed by atoms with Gasteiger partial charge >= 0.3 is 5.97 Å². The molecular formula is C17H12ClNO3. The van der Waals surface area contributed by atoms with E-state index < -0.39 is 5.97 Å². The van der Waals surface area contributed by atoms with Gasteiger partial charge < -0.3 is 9.84 Å². The molecule has 0 bridgehead atoms. The second-order valence-electron chi connectivity index (χ2n) is 4.88. The van der Waals surface area contributed by atoms with E-state index in [2.05, 4.69) is 4.99 Å². The van der Waals surface area contributed by atoms with Crippen LogP contribution in [0.5, 0.6) is 5.75 Å². The average Bonchev–Trinajstić information content (AvgIpc) is 2.84. The standard InChI is InChI=1S/C17H12ClNO3/c1-10-6-7-15(20)11(8-10)9-14-17(21)22-16(19-14)12-4-2-3-5-13(12)18/h2-9,20H,1H3. The number of aromatic hydroxyl groups is 1. The second kappa shape index (κ2) is 5.66. The van der Waals surface area contributed by atoms with Gasteiger partial charge in [-0.25, -0.2) is 9.79 Å². The van der Waals surface area contributed by atoms with Crippen LogP contribution in [0.4, 0.5) is 0 Å². The lowest BCUT2D eigenvalue weighted by Gasteiger charge is -2.00. The first-order chi connectivity index (χ1) is 10.5. The van der Waals surface area contributed by atoms with Crippen molar-refractivity contribution in [3.05, 3.63) is 69.9 Å². The van der Waals surface area contributed by atoms with E-state index in [4.69, 9.17) is 16.3 Å². The third-order valence-electron chi connectivity index (χ3n) is 3.20. The van der Waals surface area contributed by atoms with E-state index in [9.17, 15) is 9.90 Å². The van der Waals surface area contributed by atoms with E-state index in [0.717, 1.165) is 5.56 Å². The molecule has 22 heavy (non-hydrogen) atoms. The van der Waals surface area contributed by atoms with E-state index in [-0.39, 0.29) is 17.3 Å². The van der Waals surface area contributed by atoms with Gasteiger partial charge in [0.1, 0.15) is 5.75 Å². The number of hydrogen-bond donors (Lipinski definition) is 1. The molecule has 2 aromatic rings. The van der Waals surface area contributed by atoms with Crippen LogP contribution in [0.3, 0.4) is 0 Å². The van der Waals surface area contributed by atoms with Crippen molar-refractivity contribution < 1.29 is 14.6 Å². The highest BCUT2D eigenvalue weighted by Crippen LogP contribution is 2.26. The zero-order valence-electron chi connectivity index (χ0n) is 11.7. The van der Waals surface area contributed by atoms with Crippen molar-refractivity contribution in [2.75, 3.05) is 0 Å². The van der Waals surface area contributed by atoms with E-state index in [1.807, 2.05) is 6.92 Å². The fourth-order valence-corrected chi connectivity index (χ4v) is 2.31. The monoisotopic (exact) mass is 313 g/mol. The van der Waals surface area contributed by atoms with E-state index >= 15 is 0 Å². The molecule has 0 aromatic heterocycles. The second-order valence-corrected chi connectivity index (χ2v) is 5.29. The normalized spacial score (nSPS) is 15.8. The van der Waals surface area contributed by atoms with Gasteiger partial charge in [-0.15, -0.1) is 0 Å². The molecule has 0 fully saturated rings. The van der Waals surface area contributed by atoms with Crippen molar-refractivity contribution in [1.82, 2.24) is 0 Å². The molecule has 1 heterocycles. The van der Waals surface area contributed by atoms with Crippen LogP contribution < -0.4 is 0 Å². The van der Waals surface area contributed by atoms with Crippen LogP contribution in [0.2, 0.25) is 5.02 Å². The molecular weight excluding hydrogens is 302 g/mol. The van der Waals surface area contributed by atoms with Crippen molar-refractivity contribution in [2.24, 2.45) is 4.99 Å². The molecule has 3 rings (SSSR count). The highest BCUT2D eigenvalue weighted by atomic mass is 35.5. The van der Waals surface area contributed by atoms with Crippen molar-refractivity contribution in [1.29, 1.82) is 0 Å². The topological polar surface area (TPSA) is 58.9 Å². The number of cyclic esters (lactones) is 1. The fourth-order valence-electron chi connectivity index (χ4n) is 2.10. The number of halogens is 1. The Balaban J connectivity index is 2.02. The summed E-state index contributed by atoms with van der Waals surface area (Å²) in [6.07, 6.45) is 1.49. The summed E-state index contributed by atoms with van der Waals surface area (Å²) >= 11 is 6.07. The number of ether oxygens (including phenoxy) is 1. The molecule has 1 aliphatic rings. The summed E-state index contributed by atoms with van der Waals surface area (Å²) in [5, 5.41) is 10.3. The predicted molar refractivity (Wildman–Crippen MR) is 84.9 cm³/mol. The molecule has 110 valence electrons. The van der Waals surface area contributed by atoms with Gasteiger partial charge in [-0.2, -0.15) is 0 Å². The van der Waals surface area contributed by atoms with Crippen LogP contribution >= 0.6 is 11.6 Å². The third-order valence-corrected chi connectivity index (χ3v) is 3.53. The summed E-state index contributed by atoms with van der Waals surface area (Å²) in [6.45, 7) is 1.90. The van der Waals surface area contributed by atoms with Gasteiger partial charge in [-0.3, -0.25) is 0 Å². The van der Waals surface area contributed by atoms with Crippen LogP contribution in [0, 0.1) is 6.92 Å². The Hall–Kier alpha value is -2.59. The number of aryl methyl sites for hydroxylation is 1. The molecule has 0 radical (unpaired) electrons. The lowest BCUT2D eigenvalue weighted by Crippen LogP contribution is -2.05. The largest absolute Gasteiger partial charge is 0.507 e. The number of nitrogens with zero attached hydrogens (tertiary/aromatic N) is 1. The van der Waals surface area contributed by atoms with E-state index in [1.165, 1.54) is 6.08 Å². The smallest absolute Gasteiger partial charge is 0.363 e. The molecule has 0 saturated heterocycles. The lowest BCUT2D eigenvalue weighted by molar-refractivity contribution is -0.129. The van der Waals surface area contributed by atoms with Crippen molar-refractivity contribution in [3.8, 4) is 5.75 Å². The molecule has 2 aromatic carbocycles. The minimum Gasteiger partial charge on any atom is -0.507 e. The predicted octanol–water partition coefficient (Wildman–Crippen LogP) is 3.70. The Labute approximate surface area is 132 Å². The van der Waals surface area contributed by atoms with E-state index in [1.54, 1.807) is 42.5 Å². The van der Waals surface area contributed by atoms with Crippen LogP contribution in [0.1, 0.15) is 16.7 Å². The number of phenolic OH excluding ortho intramolecular Hbond substituents is 1. The molecule has 1 aliphatic heterocycles. The summed E-state index contributed by atoms with van der Waals surface area (Å²) in [7, 11) is 0. The number of aliphatic imine (C=N–C) groups is 1. The lowest BCUT2D eigenvalue weighted by atomic mass is 10.1. The number of carbonyl (C=O) groups excluding carboxylic acids is 1. The number of esters is 1.